The van der Waals surface area contributed by atoms with Crippen LogP contribution in [0.4, 0.5) is 13.2 Å². The van der Waals surface area contributed by atoms with Gasteiger partial charge in [-0.2, -0.15) is 17.5 Å². The van der Waals surface area contributed by atoms with Gasteiger partial charge in [0.25, 0.3) is 0 Å². The Morgan fingerprint density at radius 3 is 2.21 bits per heavy atom. The van der Waals surface area contributed by atoms with Gasteiger partial charge in [-0.1, -0.05) is 25.7 Å². The van der Waals surface area contributed by atoms with Gasteiger partial charge in [0.05, 0.1) is 24.4 Å². The first-order chi connectivity index (χ1) is 15.6. The van der Waals surface area contributed by atoms with Crippen LogP contribution in [0.1, 0.15) is 83.5 Å². The van der Waals surface area contributed by atoms with Crippen molar-refractivity contribution in [3.05, 3.63) is 0 Å². The lowest BCUT2D eigenvalue weighted by Crippen LogP contribution is -2.50. The largest absolute Gasteiger partial charge is 0.468 e. The predicted octanol–water partition coefficient (Wildman–Crippen LogP) is 4.82. The summed E-state index contributed by atoms with van der Waals surface area (Å²) in [5.74, 6) is -1.71. The number of hydrogen-bond donors (Lipinski definition) is 0. The van der Waals surface area contributed by atoms with E-state index in [0.29, 0.717) is 31.6 Å². The fourth-order valence-electron chi connectivity index (χ4n) is 5.65. The second kappa shape index (κ2) is 11.7. The summed E-state index contributed by atoms with van der Waals surface area (Å²) >= 11 is 0. The number of carbonyl (C=O) groups excluding carboxylic acids is 1. The first-order valence-corrected chi connectivity index (χ1v) is 13.9. The molecule has 0 aromatic carbocycles. The molecule has 0 amide bonds. The van der Waals surface area contributed by atoms with Crippen LogP contribution in [0, 0.1) is 11.8 Å². The molecule has 0 aromatic heterocycles. The lowest BCUT2D eigenvalue weighted by Gasteiger charge is -2.39. The van der Waals surface area contributed by atoms with Crippen LogP contribution in [0.5, 0.6) is 0 Å². The number of alkyl halides is 3. The molecule has 3 rings (SSSR count). The number of nitrogens with zero attached hydrogens (tertiary/aromatic N) is 1. The maximum Gasteiger partial charge on any atom is 0.391 e. The van der Waals surface area contributed by atoms with Gasteiger partial charge in [-0.05, 0) is 63.7 Å². The molecule has 6 nitrogen and oxygen atoms in total. The average Bonchev–Trinajstić information content (AvgIpc) is 2.81. The monoisotopic (exact) mass is 497 g/mol. The number of methoxy groups -OCH3 is 1. The van der Waals surface area contributed by atoms with Crippen LogP contribution in [-0.4, -0.2) is 62.5 Å². The summed E-state index contributed by atoms with van der Waals surface area (Å²) < 4.78 is 78.7. The minimum atomic E-state index is -4.41. The topological polar surface area (TPSA) is 72.9 Å². The second-order valence-corrected chi connectivity index (χ2v) is 12.1. The molecule has 0 heterocycles. The third-order valence-electron chi connectivity index (χ3n) is 7.69. The standard InChI is InChI=1S/C23H38F3NO5S/c1-31-22(28)15-27(33(29,30)21-9-5-8-18(14-21)23(24,25)26)19-10-12-20(13-11-19)32-16-17-6-3-2-4-7-17/h17-21H,2-16H2,1H3. The third-order valence-corrected chi connectivity index (χ3v) is 10.0. The summed E-state index contributed by atoms with van der Waals surface area (Å²) in [6, 6.07) is -0.421. The zero-order valence-electron chi connectivity index (χ0n) is 19.5. The maximum absolute atomic E-state index is 13.4. The molecule has 2 unspecified atom stereocenters. The van der Waals surface area contributed by atoms with Crippen molar-refractivity contribution >= 4 is 16.0 Å². The molecule has 3 aliphatic rings. The molecular weight excluding hydrogens is 459 g/mol. The minimum absolute atomic E-state index is 0.0457. The zero-order chi connectivity index (χ0) is 24.1. The highest BCUT2D eigenvalue weighted by atomic mass is 32.2. The van der Waals surface area contributed by atoms with Crippen molar-refractivity contribution in [3.8, 4) is 0 Å². The fraction of sp³-hybridized carbons (Fsp3) is 0.957. The van der Waals surface area contributed by atoms with E-state index in [4.69, 9.17) is 9.47 Å². The highest BCUT2D eigenvalue weighted by Crippen LogP contribution is 2.41. The van der Waals surface area contributed by atoms with E-state index in [9.17, 15) is 26.4 Å². The number of carbonyl (C=O) groups is 1. The quantitative estimate of drug-likeness (QED) is 0.450. The molecule has 192 valence electrons. The fourth-order valence-corrected chi connectivity index (χ4v) is 7.88. The van der Waals surface area contributed by atoms with Crippen LogP contribution < -0.4 is 0 Å². The van der Waals surface area contributed by atoms with Gasteiger partial charge in [-0.3, -0.25) is 4.79 Å². The van der Waals surface area contributed by atoms with E-state index >= 15 is 0 Å². The zero-order valence-corrected chi connectivity index (χ0v) is 20.3. The van der Waals surface area contributed by atoms with Crippen LogP contribution in [0.25, 0.3) is 0 Å². The van der Waals surface area contributed by atoms with Crippen LogP contribution in [0.15, 0.2) is 0 Å². The number of esters is 1. The van der Waals surface area contributed by atoms with Crippen molar-refractivity contribution in [2.75, 3.05) is 20.3 Å². The van der Waals surface area contributed by atoms with E-state index in [-0.39, 0.29) is 25.4 Å². The van der Waals surface area contributed by atoms with Crippen LogP contribution >= 0.6 is 0 Å². The minimum Gasteiger partial charge on any atom is -0.468 e. The van der Waals surface area contributed by atoms with Gasteiger partial charge >= 0.3 is 12.1 Å². The van der Waals surface area contributed by atoms with Crippen LogP contribution in [0.3, 0.4) is 0 Å². The van der Waals surface area contributed by atoms with E-state index in [1.807, 2.05) is 0 Å². The maximum atomic E-state index is 13.4. The molecule has 0 saturated heterocycles. The second-order valence-electron chi connectivity index (χ2n) is 9.96. The van der Waals surface area contributed by atoms with Crippen LogP contribution in [0.2, 0.25) is 0 Å². The summed E-state index contributed by atoms with van der Waals surface area (Å²) in [5.41, 5.74) is 0. The Kier molecular flexibility index (Phi) is 9.48. The molecule has 0 aliphatic heterocycles. The summed E-state index contributed by atoms with van der Waals surface area (Å²) in [7, 11) is -2.89. The van der Waals surface area contributed by atoms with Gasteiger partial charge in [0.2, 0.25) is 10.0 Å². The van der Waals surface area contributed by atoms with Gasteiger partial charge in [0, 0.05) is 12.6 Å². The first-order valence-electron chi connectivity index (χ1n) is 12.4. The number of hydrogen-bond acceptors (Lipinski definition) is 5. The lowest BCUT2D eigenvalue weighted by molar-refractivity contribution is -0.181. The Bertz CT molecular complexity index is 731. The normalized spacial score (nSPS) is 30.3. The molecule has 3 fully saturated rings. The van der Waals surface area contributed by atoms with E-state index in [0.717, 1.165) is 10.9 Å². The van der Waals surface area contributed by atoms with E-state index < -0.39 is 52.3 Å². The summed E-state index contributed by atoms with van der Waals surface area (Å²) in [6.45, 7) is 0.282. The van der Waals surface area contributed by atoms with Crippen molar-refractivity contribution < 1.29 is 35.9 Å². The molecule has 0 aromatic rings. The van der Waals surface area contributed by atoms with Crippen molar-refractivity contribution in [2.24, 2.45) is 11.8 Å². The molecule has 33 heavy (non-hydrogen) atoms. The van der Waals surface area contributed by atoms with E-state index in [2.05, 4.69) is 0 Å². The number of ether oxygens (including phenoxy) is 2. The molecular formula is C23H38F3NO5S. The van der Waals surface area contributed by atoms with Gasteiger partial charge in [-0.25, -0.2) is 8.42 Å². The first kappa shape index (κ1) is 26.7. The molecule has 0 bridgehead atoms. The van der Waals surface area contributed by atoms with Gasteiger partial charge in [0.15, 0.2) is 0 Å². The Morgan fingerprint density at radius 2 is 1.61 bits per heavy atom. The lowest BCUT2D eigenvalue weighted by atomic mass is 9.88. The number of halogens is 3. The molecule has 3 saturated carbocycles. The van der Waals surface area contributed by atoms with Gasteiger partial charge in [-0.15, -0.1) is 0 Å². The Morgan fingerprint density at radius 1 is 0.939 bits per heavy atom. The molecule has 0 spiro atoms. The molecule has 3 aliphatic carbocycles. The molecule has 0 N–H and O–H groups in total. The average molecular weight is 498 g/mol. The smallest absolute Gasteiger partial charge is 0.391 e. The molecule has 2 atom stereocenters. The molecule has 10 heteroatoms. The van der Waals surface area contributed by atoms with E-state index in [1.54, 1.807) is 0 Å². The summed E-state index contributed by atoms with van der Waals surface area (Å²) in [5, 5.41) is -1.12. The predicted molar refractivity (Wildman–Crippen MR) is 118 cm³/mol. The summed E-state index contributed by atoms with van der Waals surface area (Å²) in [4.78, 5) is 12.0. The van der Waals surface area contributed by atoms with Gasteiger partial charge in [0.1, 0.15) is 6.54 Å². The third kappa shape index (κ3) is 7.31. The number of sulfonamides is 1. The SMILES string of the molecule is COC(=O)CN(C1CCC(OCC2CCCCC2)CC1)S(=O)(=O)C1CCCC(C(F)(F)F)C1. The highest BCUT2D eigenvalue weighted by Gasteiger charge is 2.47. The summed E-state index contributed by atoms with van der Waals surface area (Å²) in [6.07, 6.45) is 4.16. The Hall–Kier alpha value is -0.870. The highest BCUT2D eigenvalue weighted by molar-refractivity contribution is 7.89. The van der Waals surface area contributed by atoms with Crippen LogP contribution in [-0.2, 0) is 24.3 Å². The number of rotatable bonds is 8. The van der Waals surface area contributed by atoms with E-state index in [1.165, 1.54) is 39.2 Å². The van der Waals surface area contributed by atoms with Gasteiger partial charge < -0.3 is 9.47 Å². The Balaban J connectivity index is 1.62. The molecule has 0 radical (unpaired) electrons. The Labute approximate surface area is 195 Å². The van der Waals surface area contributed by atoms with Crippen molar-refractivity contribution in [1.82, 2.24) is 4.31 Å². The van der Waals surface area contributed by atoms with Crippen molar-refractivity contribution in [2.45, 2.75) is 107 Å². The van der Waals surface area contributed by atoms with Crippen molar-refractivity contribution in [3.63, 3.8) is 0 Å². The van der Waals surface area contributed by atoms with Crippen molar-refractivity contribution in [1.29, 1.82) is 0 Å².